The Balaban J connectivity index is 1.62. The summed E-state index contributed by atoms with van der Waals surface area (Å²) in [5.41, 5.74) is 4.29. The maximum Gasteiger partial charge on any atom is 0.230 e. The fourth-order valence-corrected chi connectivity index (χ4v) is 3.08. The van der Waals surface area contributed by atoms with E-state index in [1.807, 2.05) is 62.4 Å². The molecule has 0 radical (unpaired) electrons. The Kier molecular flexibility index (Phi) is 5.45. The summed E-state index contributed by atoms with van der Waals surface area (Å²) in [6, 6.07) is 15.8. The van der Waals surface area contributed by atoms with Crippen LogP contribution >= 0.6 is 11.8 Å². The summed E-state index contributed by atoms with van der Waals surface area (Å²) in [4.78, 5) is 12.1. The Labute approximate surface area is 150 Å². The van der Waals surface area contributed by atoms with Crippen LogP contribution in [-0.2, 0) is 11.3 Å². The van der Waals surface area contributed by atoms with Crippen molar-refractivity contribution in [1.82, 2.24) is 25.5 Å². The van der Waals surface area contributed by atoms with Crippen LogP contribution in [0.5, 0.6) is 0 Å². The fraction of sp³-hybridized carbons (Fsp3) is 0.222. The van der Waals surface area contributed by atoms with Crippen molar-refractivity contribution in [3.63, 3.8) is 0 Å². The molecule has 3 rings (SSSR count). The maximum absolute atomic E-state index is 12.1. The van der Waals surface area contributed by atoms with Gasteiger partial charge in [-0.3, -0.25) is 4.79 Å². The van der Waals surface area contributed by atoms with Crippen LogP contribution in [-0.4, -0.2) is 31.9 Å². The monoisotopic (exact) mass is 353 g/mol. The van der Waals surface area contributed by atoms with E-state index < -0.39 is 0 Å². The summed E-state index contributed by atoms with van der Waals surface area (Å²) in [5, 5.41) is 15.4. The minimum absolute atomic E-state index is 0.0515. The lowest BCUT2D eigenvalue weighted by Gasteiger charge is -2.09. The first-order chi connectivity index (χ1) is 12.1. The average molecular weight is 353 g/mol. The van der Waals surface area contributed by atoms with Crippen LogP contribution in [0.2, 0.25) is 0 Å². The standard InChI is InChI=1S/C18H19N5OS/c1-13-7-6-10-16(14(13)2)23-18(20-21-22-23)25-12-17(24)19-11-15-8-4-3-5-9-15/h3-10H,11-12H2,1-2H3,(H,19,24). The van der Waals surface area contributed by atoms with Crippen LogP contribution in [0, 0.1) is 13.8 Å². The van der Waals surface area contributed by atoms with Crippen LogP contribution in [0.1, 0.15) is 16.7 Å². The zero-order valence-electron chi connectivity index (χ0n) is 14.1. The van der Waals surface area contributed by atoms with Gasteiger partial charge in [0.05, 0.1) is 11.4 Å². The molecule has 1 heterocycles. The van der Waals surface area contributed by atoms with E-state index in [2.05, 4.69) is 20.8 Å². The van der Waals surface area contributed by atoms with Gasteiger partial charge in [-0.1, -0.05) is 54.2 Å². The fourth-order valence-electron chi connectivity index (χ4n) is 2.36. The van der Waals surface area contributed by atoms with Crippen LogP contribution in [0.15, 0.2) is 53.7 Å². The van der Waals surface area contributed by atoms with Crippen LogP contribution in [0.4, 0.5) is 0 Å². The normalized spacial score (nSPS) is 10.6. The van der Waals surface area contributed by atoms with Crippen LogP contribution in [0.25, 0.3) is 5.69 Å². The van der Waals surface area contributed by atoms with E-state index in [9.17, 15) is 4.79 Å². The SMILES string of the molecule is Cc1cccc(-n2nnnc2SCC(=O)NCc2ccccc2)c1C. The summed E-state index contributed by atoms with van der Waals surface area (Å²) >= 11 is 1.32. The topological polar surface area (TPSA) is 72.7 Å². The highest BCUT2D eigenvalue weighted by atomic mass is 32.2. The second kappa shape index (κ2) is 7.94. The number of rotatable bonds is 6. The van der Waals surface area contributed by atoms with Gasteiger partial charge < -0.3 is 5.32 Å². The third-order valence-corrected chi connectivity index (χ3v) is 4.83. The van der Waals surface area contributed by atoms with Crippen molar-refractivity contribution in [2.24, 2.45) is 0 Å². The minimum atomic E-state index is -0.0515. The first-order valence-corrected chi connectivity index (χ1v) is 8.92. The summed E-state index contributed by atoms with van der Waals surface area (Å²) in [5.74, 6) is 0.210. The molecule has 0 atom stereocenters. The molecule has 1 N–H and O–H groups in total. The lowest BCUT2D eigenvalue weighted by atomic mass is 10.1. The molecule has 3 aromatic rings. The molecule has 1 amide bonds. The number of carbonyl (C=O) groups is 1. The molecule has 0 bridgehead atoms. The largest absolute Gasteiger partial charge is 0.351 e. The molecule has 128 valence electrons. The predicted molar refractivity (Wildman–Crippen MR) is 97.6 cm³/mol. The molecule has 0 fully saturated rings. The number of benzene rings is 2. The number of nitrogens with zero attached hydrogens (tertiary/aromatic N) is 4. The van der Waals surface area contributed by atoms with Crippen molar-refractivity contribution in [2.75, 3.05) is 5.75 Å². The van der Waals surface area contributed by atoms with E-state index >= 15 is 0 Å². The Bertz CT molecular complexity index is 863. The Morgan fingerprint density at radius 3 is 2.72 bits per heavy atom. The Hall–Kier alpha value is -2.67. The van der Waals surface area contributed by atoms with E-state index in [1.54, 1.807) is 4.68 Å². The first-order valence-electron chi connectivity index (χ1n) is 7.93. The van der Waals surface area contributed by atoms with Gasteiger partial charge in [0.2, 0.25) is 11.1 Å². The Morgan fingerprint density at radius 1 is 1.12 bits per heavy atom. The highest BCUT2D eigenvalue weighted by Gasteiger charge is 2.13. The lowest BCUT2D eigenvalue weighted by molar-refractivity contribution is -0.118. The number of thioether (sulfide) groups is 1. The van der Waals surface area contributed by atoms with Gasteiger partial charge in [0.1, 0.15) is 0 Å². The summed E-state index contributed by atoms with van der Waals surface area (Å²) in [6.07, 6.45) is 0. The van der Waals surface area contributed by atoms with E-state index in [-0.39, 0.29) is 11.7 Å². The molecule has 1 aromatic heterocycles. The number of hydrogen-bond acceptors (Lipinski definition) is 5. The molecular weight excluding hydrogens is 334 g/mol. The van der Waals surface area contributed by atoms with Crippen molar-refractivity contribution in [1.29, 1.82) is 0 Å². The smallest absolute Gasteiger partial charge is 0.230 e. The van der Waals surface area contributed by atoms with Gasteiger partial charge in [-0.2, -0.15) is 4.68 Å². The van der Waals surface area contributed by atoms with Gasteiger partial charge >= 0.3 is 0 Å². The molecular formula is C18H19N5OS. The molecule has 0 spiro atoms. The number of amides is 1. The lowest BCUT2D eigenvalue weighted by Crippen LogP contribution is -2.24. The molecule has 0 saturated carbocycles. The van der Waals surface area contributed by atoms with E-state index in [4.69, 9.17) is 0 Å². The quantitative estimate of drug-likeness (QED) is 0.690. The molecule has 0 unspecified atom stereocenters. The zero-order valence-corrected chi connectivity index (χ0v) is 15.0. The van der Waals surface area contributed by atoms with E-state index in [0.717, 1.165) is 16.8 Å². The number of tetrazole rings is 1. The predicted octanol–water partition coefficient (Wildman–Crippen LogP) is 2.69. The number of aryl methyl sites for hydroxylation is 1. The highest BCUT2D eigenvalue weighted by molar-refractivity contribution is 7.99. The van der Waals surface area contributed by atoms with Crippen molar-refractivity contribution >= 4 is 17.7 Å². The van der Waals surface area contributed by atoms with E-state index in [1.165, 1.54) is 17.3 Å². The Morgan fingerprint density at radius 2 is 1.92 bits per heavy atom. The van der Waals surface area contributed by atoms with Gasteiger partial charge in [0.25, 0.3) is 0 Å². The van der Waals surface area contributed by atoms with Crippen molar-refractivity contribution in [3.8, 4) is 5.69 Å². The number of nitrogens with one attached hydrogen (secondary N) is 1. The summed E-state index contributed by atoms with van der Waals surface area (Å²) in [6.45, 7) is 4.60. The van der Waals surface area contributed by atoms with Crippen molar-refractivity contribution in [3.05, 3.63) is 65.2 Å². The molecule has 0 saturated heterocycles. The molecule has 6 nitrogen and oxygen atoms in total. The molecule has 25 heavy (non-hydrogen) atoms. The minimum Gasteiger partial charge on any atom is -0.351 e. The van der Waals surface area contributed by atoms with E-state index in [0.29, 0.717) is 11.7 Å². The van der Waals surface area contributed by atoms with Gasteiger partial charge in [-0.05, 0) is 47.0 Å². The first kappa shape index (κ1) is 17.2. The maximum atomic E-state index is 12.1. The third kappa shape index (κ3) is 4.24. The zero-order chi connectivity index (χ0) is 17.6. The molecule has 0 aliphatic heterocycles. The summed E-state index contributed by atoms with van der Waals surface area (Å²) < 4.78 is 1.68. The summed E-state index contributed by atoms with van der Waals surface area (Å²) in [7, 11) is 0. The number of aromatic nitrogens is 4. The number of carbonyl (C=O) groups excluding carboxylic acids is 1. The average Bonchev–Trinajstić information content (AvgIpc) is 3.10. The van der Waals surface area contributed by atoms with Crippen molar-refractivity contribution in [2.45, 2.75) is 25.5 Å². The van der Waals surface area contributed by atoms with Gasteiger partial charge in [0.15, 0.2) is 0 Å². The van der Waals surface area contributed by atoms with Crippen LogP contribution < -0.4 is 5.32 Å². The van der Waals surface area contributed by atoms with Gasteiger partial charge in [-0.25, -0.2) is 0 Å². The highest BCUT2D eigenvalue weighted by Crippen LogP contribution is 2.22. The molecule has 0 aliphatic rings. The number of hydrogen-bond donors (Lipinski definition) is 1. The van der Waals surface area contributed by atoms with Crippen LogP contribution in [0.3, 0.4) is 0 Å². The van der Waals surface area contributed by atoms with Gasteiger partial charge in [0, 0.05) is 6.54 Å². The van der Waals surface area contributed by atoms with Gasteiger partial charge in [-0.15, -0.1) is 5.10 Å². The third-order valence-electron chi connectivity index (χ3n) is 3.91. The molecule has 2 aromatic carbocycles. The second-order valence-corrected chi connectivity index (χ2v) is 6.59. The van der Waals surface area contributed by atoms with Crippen molar-refractivity contribution < 1.29 is 4.79 Å². The molecule has 7 heteroatoms. The second-order valence-electron chi connectivity index (χ2n) is 5.64. The molecule has 0 aliphatic carbocycles.